The number of hydrogen-bond acceptors (Lipinski definition) is 6. The van der Waals surface area contributed by atoms with Crippen LogP contribution in [0.1, 0.15) is 42.6 Å². The molecule has 0 fully saturated rings. The van der Waals surface area contributed by atoms with Crippen LogP contribution in [0.2, 0.25) is 0 Å². The molecule has 4 aromatic rings. The summed E-state index contributed by atoms with van der Waals surface area (Å²) >= 11 is 1.30. The number of hydrogen-bond donors (Lipinski definition) is 0. The zero-order valence-electron chi connectivity index (χ0n) is 18.5. The summed E-state index contributed by atoms with van der Waals surface area (Å²) < 4.78 is 13.1. The summed E-state index contributed by atoms with van der Waals surface area (Å²) in [7, 11) is 0. The fraction of sp³-hybridized carbons (Fsp3) is 0.280. The molecular formula is C25H24N2O5S. The Bertz CT molecular complexity index is 1460. The fourth-order valence-electron chi connectivity index (χ4n) is 3.60. The molecule has 0 saturated heterocycles. The Labute approximate surface area is 194 Å². The van der Waals surface area contributed by atoms with Gasteiger partial charge in [0, 0.05) is 0 Å². The van der Waals surface area contributed by atoms with Gasteiger partial charge >= 0.3 is 5.97 Å². The number of aryl methyl sites for hydroxylation is 1. The Morgan fingerprint density at radius 2 is 1.97 bits per heavy atom. The van der Waals surface area contributed by atoms with Crippen LogP contribution in [0.25, 0.3) is 21.2 Å². The van der Waals surface area contributed by atoms with Gasteiger partial charge in [0.2, 0.25) is 5.43 Å². The van der Waals surface area contributed by atoms with Crippen LogP contribution in [-0.4, -0.2) is 23.1 Å². The highest BCUT2D eigenvalue weighted by Gasteiger charge is 2.16. The second kappa shape index (κ2) is 9.95. The van der Waals surface area contributed by atoms with Crippen molar-refractivity contribution >= 4 is 44.4 Å². The Hall–Kier alpha value is -3.52. The SMILES string of the molecule is CCCCc1ccc2c(c1)sc(=NC(=O)c1coc3ccccc3c1=O)n2CC(=O)OCC. The zero-order valence-corrected chi connectivity index (χ0v) is 19.3. The number of esters is 1. The van der Waals surface area contributed by atoms with Gasteiger partial charge in [-0.3, -0.25) is 14.4 Å². The Morgan fingerprint density at radius 1 is 1.15 bits per heavy atom. The quantitative estimate of drug-likeness (QED) is 0.377. The van der Waals surface area contributed by atoms with Gasteiger partial charge < -0.3 is 13.7 Å². The normalized spacial score (nSPS) is 11.9. The molecule has 0 bridgehead atoms. The van der Waals surface area contributed by atoms with Gasteiger partial charge in [-0.25, -0.2) is 0 Å². The van der Waals surface area contributed by atoms with E-state index in [2.05, 4.69) is 18.0 Å². The van der Waals surface area contributed by atoms with Crippen molar-refractivity contribution in [2.75, 3.05) is 6.61 Å². The van der Waals surface area contributed by atoms with E-state index in [4.69, 9.17) is 9.15 Å². The Morgan fingerprint density at radius 3 is 2.76 bits per heavy atom. The average molecular weight is 465 g/mol. The molecule has 0 spiro atoms. The number of carbonyl (C=O) groups excluding carboxylic acids is 2. The highest BCUT2D eigenvalue weighted by molar-refractivity contribution is 7.16. The number of unbranched alkanes of at least 4 members (excludes halogenated alkanes) is 1. The van der Waals surface area contributed by atoms with Crippen LogP contribution < -0.4 is 10.2 Å². The summed E-state index contributed by atoms with van der Waals surface area (Å²) in [5.41, 5.74) is 1.77. The molecular weight excluding hydrogens is 440 g/mol. The van der Waals surface area contributed by atoms with E-state index in [1.165, 1.54) is 16.9 Å². The first-order valence-electron chi connectivity index (χ1n) is 10.9. The van der Waals surface area contributed by atoms with E-state index in [-0.39, 0.29) is 18.7 Å². The van der Waals surface area contributed by atoms with Gasteiger partial charge in [0.05, 0.1) is 22.2 Å². The first-order valence-corrected chi connectivity index (χ1v) is 11.7. The molecule has 0 aliphatic heterocycles. The molecule has 2 heterocycles. The summed E-state index contributed by atoms with van der Waals surface area (Å²) in [6.07, 6.45) is 4.26. The zero-order chi connectivity index (χ0) is 23.4. The second-order valence-corrected chi connectivity index (χ2v) is 8.58. The number of amides is 1. The maximum atomic E-state index is 13.0. The van der Waals surface area contributed by atoms with Crippen molar-refractivity contribution in [1.29, 1.82) is 0 Å². The minimum absolute atomic E-state index is 0.0828. The van der Waals surface area contributed by atoms with Crippen molar-refractivity contribution in [2.24, 2.45) is 4.99 Å². The number of fused-ring (bicyclic) bond motifs is 2. The highest BCUT2D eigenvalue weighted by atomic mass is 32.1. The van der Waals surface area contributed by atoms with Crippen molar-refractivity contribution in [3.8, 4) is 0 Å². The molecule has 4 rings (SSSR count). The van der Waals surface area contributed by atoms with Gasteiger partial charge in [-0.2, -0.15) is 4.99 Å². The van der Waals surface area contributed by atoms with Crippen LogP contribution in [0.4, 0.5) is 0 Å². The predicted molar refractivity (Wildman–Crippen MR) is 127 cm³/mol. The fourth-order valence-corrected chi connectivity index (χ4v) is 4.69. The van der Waals surface area contributed by atoms with Gasteiger partial charge in [-0.1, -0.05) is 42.9 Å². The molecule has 33 heavy (non-hydrogen) atoms. The smallest absolute Gasteiger partial charge is 0.326 e. The molecule has 0 unspecified atom stereocenters. The largest absolute Gasteiger partial charge is 0.465 e. The summed E-state index contributed by atoms with van der Waals surface area (Å²) in [5, 5.41) is 0.315. The van der Waals surface area contributed by atoms with E-state index in [0.29, 0.717) is 15.8 Å². The maximum Gasteiger partial charge on any atom is 0.326 e. The van der Waals surface area contributed by atoms with Crippen molar-refractivity contribution in [1.82, 2.24) is 4.57 Å². The van der Waals surface area contributed by atoms with Crippen LogP contribution in [0.5, 0.6) is 0 Å². The molecule has 0 saturated carbocycles. The van der Waals surface area contributed by atoms with Gasteiger partial charge in [0.1, 0.15) is 24.0 Å². The third-order valence-electron chi connectivity index (χ3n) is 5.27. The number of para-hydroxylation sites is 1. The van der Waals surface area contributed by atoms with Crippen molar-refractivity contribution in [3.63, 3.8) is 0 Å². The topological polar surface area (TPSA) is 90.9 Å². The predicted octanol–water partition coefficient (Wildman–Crippen LogP) is 4.46. The lowest BCUT2D eigenvalue weighted by Gasteiger charge is -2.06. The van der Waals surface area contributed by atoms with Crippen LogP contribution in [-0.2, 0) is 22.5 Å². The van der Waals surface area contributed by atoms with E-state index >= 15 is 0 Å². The minimum Gasteiger partial charge on any atom is -0.465 e. The molecule has 8 heteroatoms. The first-order chi connectivity index (χ1) is 16.0. The molecule has 0 N–H and O–H groups in total. The standard InChI is InChI=1S/C25H24N2O5S/c1-3-5-8-16-11-12-19-21(13-16)33-25(27(19)14-22(28)31-4-2)26-24(30)18-15-32-20-10-7-6-9-17(20)23(18)29/h6-7,9-13,15H,3-5,8,14H2,1-2H3. The van der Waals surface area contributed by atoms with Crippen molar-refractivity contribution in [2.45, 2.75) is 39.7 Å². The molecule has 2 aromatic heterocycles. The van der Waals surface area contributed by atoms with Crippen LogP contribution in [0.3, 0.4) is 0 Å². The molecule has 0 atom stereocenters. The van der Waals surface area contributed by atoms with E-state index < -0.39 is 17.3 Å². The number of thiazole rings is 1. The van der Waals surface area contributed by atoms with Gasteiger partial charge in [0.15, 0.2) is 4.80 Å². The van der Waals surface area contributed by atoms with Crippen LogP contribution >= 0.6 is 11.3 Å². The van der Waals surface area contributed by atoms with E-state index in [0.717, 1.165) is 35.7 Å². The summed E-state index contributed by atoms with van der Waals surface area (Å²) in [6.45, 7) is 4.05. The summed E-state index contributed by atoms with van der Waals surface area (Å²) in [4.78, 5) is 42.6. The number of carbonyl (C=O) groups is 2. The van der Waals surface area contributed by atoms with E-state index in [9.17, 15) is 14.4 Å². The van der Waals surface area contributed by atoms with Gasteiger partial charge in [-0.15, -0.1) is 0 Å². The minimum atomic E-state index is -0.718. The van der Waals surface area contributed by atoms with Crippen molar-refractivity contribution < 1.29 is 18.7 Å². The van der Waals surface area contributed by atoms with Crippen LogP contribution in [0, 0.1) is 0 Å². The molecule has 0 aliphatic carbocycles. The lowest BCUT2D eigenvalue weighted by Crippen LogP contribution is -2.24. The molecule has 0 aliphatic rings. The van der Waals surface area contributed by atoms with E-state index in [1.807, 2.05) is 12.1 Å². The molecule has 0 radical (unpaired) electrons. The first kappa shape index (κ1) is 22.7. The average Bonchev–Trinajstić information content (AvgIpc) is 3.14. The number of benzene rings is 2. The highest BCUT2D eigenvalue weighted by Crippen LogP contribution is 2.21. The maximum absolute atomic E-state index is 13.0. The van der Waals surface area contributed by atoms with E-state index in [1.54, 1.807) is 35.8 Å². The van der Waals surface area contributed by atoms with Crippen LogP contribution in [0.15, 0.2) is 62.9 Å². The number of aromatic nitrogens is 1. The summed E-state index contributed by atoms with van der Waals surface area (Å²) in [6, 6.07) is 12.8. The summed E-state index contributed by atoms with van der Waals surface area (Å²) in [5.74, 6) is -1.14. The second-order valence-electron chi connectivity index (χ2n) is 7.57. The number of ether oxygens (including phenoxy) is 1. The lowest BCUT2D eigenvalue weighted by atomic mass is 10.1. The molecule has 7 nitrogen and oxygen atoms in total. The molecule has 1 amide bonds. The number of nitrogens with zero attached hydrogens (tertiary/aromatic N) is 2. The van der Waals surface area contributed by atoms with Crippen molar-refractivity contribution in [3.05, 3.63) is 74.9 Å². The Kier molecular flexibility index (Phi) is 6.84. The van der Waals surface area contributed by atoms with Gasteiger partial charge in [0.25, 0.3) is 5.91 Å². The lowest BCUT2D eigenvalue weighted by molar-refractivity contribution is -0.143. The number of rotatable bonds is 7. The molecule has 2 aromatic carbocycles. The molecule has 170 valence electrons. The third-order valence-corrected chi connectivity index (χ3v) is 6.31. The Balaban J connectivity index is 1.82. The monoisotopic (exact) mass is 464 g/mol. The third kappa shape index (κ3) is 4.80. The van der Waals surface area contributed by atoms with Gasteiger partial charge in [-0.05, 0) is 49.6 Å².